The Kier molecular flexibility index (Phi) is 4.64. The summed E-state index contributed by atoms with van der Waals surface area (Å²) in [5.74, 6) is 0.166. The van der Waals surface area contributed by atoms with Crippen LogP contribution in [0.4, 0.5) is 5.69 Å². The molecule has 0 aliphatic rings. The molecule has 2 aromatic rings. The molecule has 0 fully saturated rings. The van der Waals surface area contributed by atoms with Crippen molar-refractivity contribution in [3.8, 4) is 11.8 Å². The highest BCUT2D eigenvalue weighted by Crippen LogP contribution is 2.27. The molecule has 0 radical (unpaired) electrons. The first-order chi connectivity index (χ1) is 9.69. The van der Waals surface area contributed by atoms with Gasteiger partial charge in [-0.25, -0.2) is 0 Å². The number of para-hydroxylation sites is 1. The second kappa shape index (κ2) is 6.64. The summed E-state index contributed by atoms with van der Waals surface area (Å²) in [7, 11) is 0. The Morgan fingerprint density at radius 3 is 2.80 bits per heavy atom. The summed E-state index contributed by atoms with van der Waals surface area (Å²) in [4.78, 5) is 12.5. The Morgan fingerprint density at radius 2 is 2.05 bits per heavy atom. The van der Waals surface area contributed by atoms with Crippen LogP contribution >= 0.6 is 11.8 Å². The highest BCUT2D eigenvalue weighted by Gasteiger charge is 2.06. The summed E-state index contributed by atoms with van der Waals surface area (Å²) in [5.41, 5.74) is 1.09. The first-order valence-electron chi connectivity index (χ1n) is 5.90. The van der Waals surface area contributed by atoms with Crippen LogP contribution < -0.4 is 5.32 Å². The van der Waals surface area contributed by atoms with E-state index < -0.39 is 0 Å². The van der Waals surface area contributed by atoms with Crippen LogP contribution in [0, 0.1) is 11.3 Å². The van der Waals surface area contributed by atoms with Crippen LogP contribution in [0.25, 0.3) is 0 Å². The smallest absolute Gasteiger partial charge is 0.234 e. The number of benzene rings is 2. The van der Waals surface area contributed by atoms with Crippen molar-refractivity contribution in [1.82, 2.24) is 0 Å². The number of hydrogen-bond donors (Lipinski definition) is 2. The van der Waals surface area contributed by atoms with Crippen molar-refractivity contribution in [2.75, 3.05) is 11.1 Å². The average molecular weight is 284 g/mol. The number of phenolic OH excluding ortho intramolecular Hbond substituents is 1. The Balaban J connectivity index is 1.93. The van der Waals surface area contributed by atoms with Crippen molar-refractivity contribution in [1.29, 1.82) is 5.26 Å². The zero-order valence-electron chi connectivity index (χ0n) is 10.5. The van der Waals surface area contributed by atoms with Gasteiger partial charge in [0.2, 0.25) is 5.91 Å². The van der Waals surface area contributed by atoms with Gasteiger partial charge in [-0.15, -0.1) is 11.8 Å². The predicted octanol–water partition coefficient (Wildman–Crippen LogP) is 2.99. The molecule has 1 amide bonds. The van der Waals surface area contributed by atoms with Gasteiger partial charge < -0.3 is 10.4 Å². The number of carbonyl (C=O) groups is 1. The van der Waals surface area contributed by atoms with Crippen LogP contribution in [0.2, 0.25) is 0 Å². The third kappa shape index (κ3) is 3.77. The van der Waals surface area contributed by atoms with E-state index in [-0.39, 0.29) is 17.4 Å². The van der Waals surface area contributed by atoms with Gasteiger partial charge in [-0.1, -0.05) is 18.2 Å². The van der Waals surface area contributed by atoms with Gasteiger partial charge in [-0.05, 0) is 30.3 Å². The summed E-state index contributed by atoms with van der Waals surface area (Å²) >= 11 is 1.26. The average Bonchev–Trinajstić information content (AvgIpc) is 2.46. The first-order valence-corrected chi connectivity index (χ1v) is 6.88. The molecule has 4 nitrogen and oxygen atoms in total. The minimum Gasteiger partial charge on any atom is -0.507 e. The molecule has 2 rings (SSSR count). The fraction of sp³-hybridized carbons (Fsp3) is 0.0667. The summed E-state index contributed by atoms with van der Waals surface area (Å²) < 4.78 is 0. The second-order valence-electron chi connectivity index (χ2n) is 4.00. The maximum Gasteiger partial charge on any atom is 0.234 e. The summed E-state index contributed by atoms with van der Waals surface area (Å²) in [5, 5.41) is 21.1. The lowest BCUT2D eigenvalue weighted by atomic mass is 10.2. The quantitative estimate of drug-likeness (QED) is 0.846. The van der Waals surface area contributed by atoms with Crippen LogP contribution in [0.1, 0.15) is 5.56 Å². The van der Waals surface area contributed by atoms with Crippen LogP contribution in [-0.2, 0) is 4.79 Å². The lowest BCUT2D eigenvalue weighted by Crippen LogP contribution is -2.13. The molecule has 0 spiro atoms. The van der Waals surface area contributed by atoms with E-state index in [0.29, 0.717) is 16.1 Å². The van der Waals surface area contributed by atoms with Gasteiger partial charge in [-0.3, -0.25) is 4.79 Å². The highest BCUT2D eigenvalue weighted by molar-refractivity contribution is 8.00. The normalized spacial score (nSPS) is 9.75. The number of nitrogens with one attached hydrogen (secondary N) is 1. The molecule has 0 aliphatic heterocycles. The molecular formula is C15H12N2O2S. The number of anilines is 1. The van der Waals surface area contributed by atoms with E-state index in [2.05, 4.69) is 5.32 Å². The molecule has 100 valence electrons. The van der Waals surface area contributed by atoms with Crippen molar-refractivity contribution in [2.45, 2.75) is 4.90 Å². The van der Waals surface area contributed by atoms with Gasteiger partial charge in [0.05, 0.1) is 17.4 Å². The van der Waals surface area contributed by atoms with E-state index in [1.807, 2.05) is 6.07 Å². The number of amides is 1. The van der Waals surface area contributed by atoms with Crippen LogP contribution in [0.5, 0.6) is 5.75 Å². The summed E-state index contributed by atoms with van der Waals surface area (Å²) in [6.45, 7) is 0. The number of aromatic hydroxyl groups is 1. The van der Waals surface area contributed by atoms with E-state index in [1.165, 1.54) is 11.8 Å². The van der Waals surface area contributed by atoms with Gasteiger partial charge in [0.25, 0.3) is 0 Å². The summed E-state index contributed by atoms with van der Waals surface area (Å²) in [6.07, 6.45) is 0. The maximum absolute atomic E-state index is 11.8. The van der Waals surface area contributed by atoms with Crippen molar-refractivity contribution in [2.24, 2.45) is 0 Å². The van der Waals surface area contributed by atoms with Crippen LogP contribution in [0.3, 0.4) is 0 Å². The van der Waals surface area contributed by atoms with Crippen molar-refractivity contribution in [3.63, 3.8) is 0 Å². The number of nitriles is 1. The maximum atomic E-state index is 11.8. The predicted molar refractivity (Wildman–Crippen MR) is 78.6 cm³/mol. The fourth-order valence-electron chi connectivity index (χ4n) is 1.59. The number of rotatable bonds is 4. The molecule has 5 heteroatoms. The van der Waals surface area contributed by atoms with Crippen molar-refractivity contribution >= 4 is 23.4 Å². The largest absolute Gasteiger partial charge is 0.507 e. The molecule has 0 aliphatic carbocycles. The third-order valence-electron chi connectivity index (χ3n) is 2.50. The number of hydrogen-bond acceptors (Lipinski definition) is 4. The van der Waals surface area contributed by atoms with Crippen LogP contribution in [-0.4, -0.2) is 16.8 Å². The second-order valence-corrected chi connectivity index (χ2v) is 5.01. The molecule has 20 heavy (non-hydrogen) atoms. The Labute approximate surface area is 121 Å². The Morgan fingerprint density at radius 1 is 1.25 bits per heavy atom. The number of thioether (sulfide) groups is 1. The number of phenols is 1. The van der Waals surface area contributed by atoms with E-state index in [0.717, 1.165) is 0 Å². The van der Waals surface area contributed by atoms with E-state index in [4.69, 9.17) is 5.26 Å². The molecule has 0 atom stereocenters. The van der Waals surface area contributed by atoms with Crippen molar-refractivity contribution < 1.29 is 9.90 Å². The molecule has 2 aromatic carbocycles. The Bertz CT molecular complexity index is 665. The lowest BCUT2D eigenvalue weighted by molar-refractivity contribution is -0.113. The molecule has 0 aromatic heterocycles. The molecule has 2 N–H and O–H groups in total. The van der Waals surface area contributed by atoms with Crippen molar-refractivity contribution in [3.05, 3.63) is 54.1 Å². The topological polar surface area (TPSA) is 73.1 Å². The monoisotopic (exact) mass is 284 g/mol. The van der Waals surface area contributed by atoms with Gasteiger partial charge >= 0.3 is 0 Å². The van der Waals surface area contributed by atoms with Gasteiger partial charge in [0.15, 0.2) is 0 Å². The molecule has 0 saturated heterocycles. The van der Waals surface area contributed by atoms with E-state index in [1.54, 1.807) is 48.5 Å². The standard InChI is InChI=1S/C15H12N2O2S/c16-9-11-4-3-5-12(8-11)17-15(19)10-20-14-7-2-1-6-13(14)18/h1-8,18H,10H2,(H,17,19). The third-order valence-corrected chi connectivity index (χ3v) is 3.56. The minimum atomic E-state index is -0.187. The zero-order chi connectivity index (χ0) is 14.4. The highest BCUT2D eigenvalue weighted by atomic mass is 32.2. The van der Waals surface area contributed by atoms with Gasteiger partial charge in [0.1, 0.15) is 5.75 Å². The summed E-state index contributed by atoms with van der Waals surface area (Å²) in [6, 6.07) is 15.6. The molecule has 0 unspecified atom stereocenters. The number of carbonyl (C=O) groups excluding carboxylic acids is 1. The van der Waals surface area contributed by atoms with Crippen LogP contribution in [0.15, 0.2) is 53.4 Å². The first kappa shape index (κ1) is 14.0. The fourth-order valence-corrected chi connectivity index (χ4v) is 2.34. The lowest BCUT2D eigenvalue weighted by Gasteiger charge is -2.06. The zero-order valence-corrected chi connectivity index (χ0v) is 11.4. The van der Waals surface area contributed by atoms with E-state index in [9.17, 15) is 9.90 Å². The number of nitrogens with zero attached hydrogens (tertiary/aromatic N) is 1. The van der Waals surface area contributed by atoms with E-state index >= 15 is 0 Å². The van der Waals surface area contributed by atoms with Gasteiger partial charge in [-0.2, -0.15) is 5.26 Å². The molecule has 0 bridgehead atoms. The Hall–Kier alpha value is -2.45. The molecular weight excluding hydrogens is 272 g/mol. The van der Waals surface area contributed by atoms with Gasteiger partial charge in [0, 0.05) is 10.6 Å². The minimum absolute atomic E-state index is 0.164. The molecule has 0 saturated carbocycles. The SMILES string of the molecule is N#Cc1cccc(NC(=O)CSc2ccccc2O)c1. The molecule has 0 heterocycles.